The Hall–Kier alpha value is -1.64. The summed E-state index contributed by atoms with van der Waals surface area (Å²) in [4.78, 5) is 6.91. The predicted molar refractivity (Wildman–Crippen MR) is 114 cm³/mol. The maximum Gasteiger partial charge on any atom is 0.216 e. The van der Waals surface area contributed by atoms with Crippen LogP contribution in [-0.4, -0.2) is 74.8 Å². The Kier molecular flexibility index (Phi) is 8.72. The number of benzene rings is 1. The molecule has 0 spiro atoms. The lowest BCUT2D eigenvalue weighted by atomic mass is 10.1. The van der Waals surface area contributed by atoms with Gasteiger partial charge < -0.3 is 15.0 Å². The van der Waals surface area contributed by atoms with Crippen LogP contribution in [0.15, 0.2) is 29.3 Å². The van der Waals surface area contributed by atoms with Crippen molar-refractivity contribution in [2.45, 2.75) is 40.3 Å². The van der Waals surface area contributed by atoms with Crippen LogP contribution in [0.3, 0.4) is 0 Å². The van der Waals surface area contributed by atoms with Gasteiger partial charge in [-0.1, -0.05) is 24.3 Å². The lowest BCUT2D eigenvalue weighted by Crippen LogP contribution is -2.54. The lowest BCUT2D eigenvalue weighted by Gasteiger charge is -2.36. The molecule has 1 fully saturated rings. The number of ether oxygens (including phenoxy) is 1. The minimum Gasteiger partial charge on any atom is -0.378 e. The Morgan fingerprint density at radius 3 is 2.50 bits per heavy atom. The fourth-order valence-electron chi connectivity index (χ4n) is 3.07. The summed E-state index contributed by atoms with van der Waals surface area (Å²) in [6.45, 7) is 11.8. The molecule has 1 aliphatic rings. The Morgan fingerprint density at radius 1 is 1.21 bits per heavy atom. The number of hydrogen-bond donors (Lipinski definition) is 1. The highest BCUT2D eigenvalue weighted by Gasteiger charge is 2.28. The van der Waals surface area contributed by atoms with E-state index in [1.165, 1.54) is 11.1 Å². The smallest absolute Gasteiger partial charge is 0.216 e. The van der Waals surface area contributed by atoms with Crippen molar-refractivity contribution in [1.29, 1.82) is 0 Å². The fraction of sp³-hybridized carbons (Fsp3) is 0.650. The van der Waals surface area contributed by atoms with E-state index in [1.54, 1.807) is 4.31 Å². The van der Waals surface area contributed by atoms with E-state index >= 15 is 0 Å². The normalized spacial score (nSPS) is 16.6. The monoisotopic (exact) mass is 410 g/mol. The molecule has 2 rings (SSSR count). The molecule has 1 heterocycles. The molecular weight excluding hydrogens is 376 g/mol. The molecule has 1 aromatic carbocycles. The van der Waals surface area contributed by atoms with Crippen LogP contribution in [0.4, 0.5) is 0 Å². The van der Waals surface area contributed by atoms with E-state index in [-0.39, 0.29) is 18.5 Å². The first kappa shape index (κ1) is 22.6. The number of hydrogen-bond acceptors (Lipinski definition) is 4. The molecule has 8 heteroatoms. The van der Waals surface area contributed by atoms with Crippen LogP contribution in [0.5, 0.6) is 0 Å². The molecule has 0 bridgehead atoms. The summed E-state index contributed by atoms with van der Waals surface area (Å²) in [7, 11) is -3.28. The van der Waals surface area contributed by atoms with E-state index in [9.17, 15) is 8.42 Å². The average Bonchev–Trinajstić information content (AvgIpc) is 2.66. The summed E-state index contributed by atoms with van der Waals surface area (Å²) < 4.78 is 32.0. The highest BCUT2D eigenvalue weighted by molar-refractivity contribution is 7.89. The number of sulfonamides is 1. The quantitative estimate of drug-likeness (QED) is 0.523. The van der Waals surface area contributed by atoms with Gasteiger partial charge in [-0.3, -0.25) is 0 Å². The van der Waals surface area contributed by atoms with Crippen LogP contribution in [-0.2, 0) is 21.3 Å². The van der Waals surface area contributed by atoms with Crippen LogP contribution in [0.2, 0.25) is 0 Å². The molecular formula is C20H34N4O3S. The highest BCUT2D eigenvalue weighted by Crippen LogP contribution is 2.11. The van der Waals surface area contributed by atoms with Crippen molar-refractivity contribution in [2.75, 3.05) is 45.1 Å². The zero-order valence-electron chi connectivity index (χ0n) is 17.5. The SMILES string of the molecule is CCNC(=NCc1ccccc1C)N1CCN(S(=O)(=O)CCOC(C)C)CC1. The van der Waals surface area contributed by atoms with Gasteiger partial charge in [0.05, 0.1) is 25.0 Å². The van der Waals surface area contributed by atoms with Crippen molar-refractivity contribution in [2.24, 2.45) is 4.99 Å². The third kappa shape index (κ3) is 6.76. The van der Waals surface area contributed by atoms with Crippen molar-refractivity contribution in [3.8, 4) is 0 Å². The predicted octanol–water partition coefficient (Wildman–Crippen LogP) is 1.83. The molecule has 0 aliphatic carbocycles. The largest absolute Gasteiger partial charge is 0.378 e. The van der Waals surface area contributed by atoms with Crippen LogP contribution in [0, 0.1) is 6.92 Å². The Bertz CT molecular complexity index is 742. The number of nitrogens with zero attached hydrogens (tertiary/aromatic N) is 3. The first-order chi connectivity index (χ1) is 13.3. The van der Waals surface area contributed by atoms with Gasteiger partial charge in [-0.2, -0.15) is 4.31 Å². The number of piperazine rings is 1. The molecule has 0 atom stereocenters. The first-order valence-corrected chi connectivity index (χ1v) is 11.6. The van der Waals surface area contributed by atoms with Gasteiger partial charge in [0.1, 0.15) is 0 Å². The van der Waals surface area contributed by atoms with Gasteiger partial charge in [0.25, 0.3) is 0 Å². The number of nitrogens with one attached hydrogen (secondary N) is 1. The molecule has 1 aliphatic heterocycles. The van der Waals surface area contributed by atoms with E-state index in [2.05, 4.69) is 29.3 Å². The van der Waals surface area contributed by atoms with Gasteiger partial charge in [-0.05, 0) is 38.8 Å². The number of aryl methyl sites for hydroxylation is 1. The second kappa shape index (κ2) is 10.8. The zero-order valence-corrected chi connectivity index (χ0v) is 18.3. The van der Waals surface area contributed by atoms with Crippen molar-refractivity contribution >= 4 is 16.0 Å². The molecule has 1 N–H and O–H groups in total. The zero-order chi connectivity index (χ0) is 20.6. The van der Waals surface area contributed by atoms with Gasteiger partial charge in [-0.25, -0.2) is 13.4 Å². The van der Waals surface area contributed by atoms with E-state index in [4.69, 9.17) is 9.73 Å². The third-order valence-electron chi connectivity index (χ3n) is 4.72. The molecule has 0 amide bonds. The minimum absolute atomic E-state index is 0.0343. The molecule has 0 unspecified atom stereocenters. The maximum absolute atomic E-state index is 12.5. The van der Waals surface area contributed by atoms with Crippen molar-refractivity contribution in [3.05, 3.63) is 35.4 Å². The van der Waals surface area contributed by atoms with Crippen molar-refractivity contribution < 1.29 is 13.2 Å². The molecule has 28 heavy (non-hydrogen) atoms. The molecule has 0 radical (unpaired) electrons. The second-order valence-corrected chi connectivity index (χ2v) is 9.31. The van der Waals surface area contributed by atoms with Gasteiger partial charge in [0.2, 0.25) is 10.0 Å². The minimum atomic E-state index is -3.28. The highest BCUT2D eigenvalue weighted by atomic mass is 32.2. The second-order valence-electron chi connectivity index (χ2n) is 7.22. The third-order valence-corrected chi connectivity index (χ3v) is 6.55. The van der Waals surface area contributed by atoms with Crippen LogP contribution in [0.25, 0.3) is 0 Å². The van der Waals surface area contributed by atoms with E-state index in [1.807, 2.05) is 32.9 Å². The summed E-state index contributed by atoms with van der Waals surface area (Å²) in [5.74, 6) is 0.873. The molecule has 1 aromatic rings. The summed E-state index contributed by atoms with van der Waals surface area (Å²) in [6, 6.07) is 8.23. The van der Waals surface area contributed by atoms with E-state index in [0.29, 0.717) is 32.7 Å². The van der Waals surface area contributed by atoms with E-state index < -0.39 is 10.0 Å². The summed E-state index contributed by atoms with van der Waals surface area (Å²) in [5.41, 5.74) is 2.42. The molecule has 158 valence electrons. The molecule has 0 saturated carbocycles. The lowest BCUT2D eigenvalue weighted by molar-refractivity contribution is 0.0904. The summed E-state index contributed by atoms with van der Waals surface area (Å²) in [6.07, 6.45) is 0.0409. The molecule has 1 saturated heterocycles. The average molecular weight is 411 g/mol. The van der Waals surface area contributed by atoms with Crippen molar-refractivity contribution in [3.63, 3.8) is 0 Å². The number of aliphatic imine (C=N–C) groups is 1. The molecule has 0 aromatic heterocycles. The standard InChI is InChI=1S/C20H34N4O3S/c1-5-21-20(22-16-19-9-7-6-8-18(19)4)23-10-12-24(13-11-23)28(25,26)15-14-27-17(2)3/h6-9,17H,5,10-16H2,1-4H3,(H,21,22). The van der Waals surface area contributed by atoms with Gasteiger partial charge in [0.15, 0.2) is 5.96 Å². The van der Waals surface area contributed by atoms with E-state index in [0.717, 1.165) is 12.5 Å². The summed E-state index contributed by atoms with van der Waals surface area (Å²) in [5, 5.41) is 3.33. The van der Waals surface area contributed by atoms with Gasteiger partial charge in [-0.15, -0.1) is 0 Å². The van der Waals surface area contributed by atoms with Crippen LogP contribution >= 0.6 is 0 Å². The Morgan fingerprint density at radius 2 is 1.89 bits per heavy atom. The van der Waals surface area contributed by atoms with Crippen molar-refractivity contribution in [1.82, 2.24) is 14.5 Å². The topological polar surface area (TPSA) is 74.2 Å². The number of rotatable bonds is 8. The van der Waals surface area contributed by atoms with Crippen LogP contribution in [0.1, 0.15) is 31.9 Å². The van der Waals surface area contributed by atoms with Gasteiger partial charge in [0, 0.05) is 32.7 Å². The fourth-order valence-corrected chi connectivity index (χ4v) is 4.35. The first-order valence-electron chi connectivity index (χ1n) is 10.0. The molecule has 7 nitrogen and oxygen atoms in total. The Balaban J connectivity index is 1.94. The van der Waals surface area contributed by atoms with Crippen LogP contribution < -0.4 is 5.32 Å². The Labute approximate surface area is 169 Å². The number of guanidine groups is 1. The maximum atomic E-state index is 12.5. The van der Waals surface area contributed by atoms with Gasteiger partial charge >= 0.3 is 0 Å². The summed E-state index contributed by atoms with van der Waals surface area (Å²) >= 11 is 0.